The summed E-state index contributed by atoms with van der Waals surface area (Å²) in [6, 6.07) is 12.2. The van der Waals surface area contributed by atoms with Gasteiger partial charge in [0.05, 0.1) is 11.1 Å². The van der Waals surface area contributed by atoms with Crippen molar-refractivity contribution in [1.29, 1.82) is 0 Å². The van der Waals surface area contributed by atoms with Gasteiger partial charge in [-0.3, -0.25) is 4.79 Å². The molecule has 2 heterocycles. The van der Waals surface area contributed by atoms with E-state index in [4.69, 9.17) is 4.74 Å². The zero-order chi connectivity index (χ0) is 17.6. The molecule has 0 aliphatic carbocycles. The molecule has 1 aliphatic rings. The molecule has 1 saturated heterocycles. The molecule has 1 aromatic heterocycles. The average molecular weight is 337 g/mol. The van der Waals surface area contributed by atoms with Crippen molar-refractivity contribution in [2.24, 2.45) is 0 Å². The number of hydrogen-bond donors (Lipinski definition) is 2. The number of aryl methyl sites for hydroxylation is 1. The lowest BCUT2D eigenvalue weighted by atomic mass is 10.0. The molecule has 0 radical (unpaired) electrons. The van der Waals surface area contributed by atoms with Gasteiger partial charge in [-0.25, -0.2) is 0 Å². The van der Waals surface area contributed by atoms with Crippen molar-refractivity contribution >= 4 is 21.7 Å². The van der Waals surface area contributed by atoms with E-state index in [-0.39, 0.29) is 17.6 Å². The topological polar surface area (TPSA) is 46.5 Å². The maximum atomic E-state index is 13.2. The van der Waals surface area contributed by atoms with Crippen molar-refractivity contribution in [3.05, 3.63) is 57.9 Å². The van der Waals surface area contributed by atoms with Crippen molar-refractivity contribution in [2.45, 2.75) is 39.5 Å². The third-order valence-electron chi connectivity index (χ3n) is 5.26. The van der Waals surface area contributed by atoms with E-state index in [9.17, 15) is 4.79 Å². The average Bonchev–Trinajstić information content (AvgIpc) is 2.57. The van der Waals surface area contributed by atoms with Gasteiger partial charge in [0.2, 0.25) is 0 Å². The van der Waals surface area contributed by atoms with Crippen molar-refractivity contribution in [3.63, 3.8) is 0 Å². The fourth-order valence-electron chi connectivity index (χ4n) is 4.19. The molecule has 130 valence electrons. The Labute approximate surface area is 147 Å². The molecule has 0 bridgehead atoms. The molecule has 2 N–H and O–H groups in total. The van der Waals surface area contributed by atoms with E-state index in [2.05, 4.69) is 31.0 Å². The maximum absolute atomic E-state index is 13.2. The first-order chi connectivity index (χ1) is 12.0. The minimum atomic E-state index is 0.163. The molecule has 2 unspecified atom stereocenters. The molecule has 2 atom stereocenters. The zero-order valence-corrected chi connectivity index (χ0v) is 15.1. The zero-order valence-electron chi connectivity index (χ0n) is 15.1. The third kappa shape index (κ3) is 2.96. The number of aromatic nitrogens is 1. The Balaban J connectivity index is 1.80. The number of ether oxygens (including phenoxy) is 1. The predicted octanol–water partition coefficient (Wildman–Crippen LogP) is 2.18. The highest BCUT2D eigenvalue weighted by molar-refractivity contribution is 6.05. The Hall–Kier alpha value is -2.17. The van der Waals surface area contributed by atoms with Crippen LogP contribution < -0.4 is 10.3 Å². The highest BCUT2D eigenvalue weighted by Crippen LogP contribution is 2.22. The second kappa shape index (κ2) is 6.28. The summed E-state index contributed by atoms with van der Waals surface area (Å²) in [6.45, 7) is 8.88. The Morgan fingerprint density at radius 3 is 2.56 bits per heavy atom. The number of morpholine rings is 1. The van der Waals surface area contributed by atoms with E-state index in [1.807, 2.05) is 31.2 Å². The van der Waals surface area contributed by atoms with Gasteiger partial charge in [0.1, 0.15) is 31.8 Å². The fourth-order valence-corrected chi connectivity index (χ4v) is 4.19. The first-order valence-electron chi connectivity index (χ1n) is 9.05. The standard InChI is InChI=1S/C21H24N2O2/c1-13-10-23(11-14(2)25-13)12-19-15(3)22-20-17-7-5-4-6-16(17)8-9-18(20)21(19)24/h4-9,13-14H,10-12H2,1-3H3,(H,22,24)/p+1. The minimum absolute atomic E-state index is 0.163. The smallest absolute Gasteiger partial charge is 0.198 e. The van der Waals surface area contributed by atoms with E-state index >= 15 is 0 Å². The third-order valence-corrected chi connectivity index (χ3v) is 5.26. The van der Waals surface area contributed by atoms with Crippen LogP contribution in [0, 0.1) is 6.92 Å². The summed E-state index contributed by atoms with van der Waals surface area (Å²) in [7, 11) is 0. The lowest BCUT2D eigenvalue weighted by Crippen LogP contribution is -3.14. The van der Waals surface area contributed by atoms with Crippen LogP contribution in [0.3, 0.4) is 0 Å². The van der Waals surface area contributed by atoms with Gasteiger partial charge in [-0.1, -0.05) is 30.3 Å². The molecule has 4 rings (SSSR count). The number of nitrogens with one attached hydrogen (secondary N) is 2. The van der Waals surface area contributed by atoms with Gasteiger partial charge < -0.3 is 14.6 Å². The van der Waals surface area contributed by atoms with Crippen molar-refractivity contribution in [2.75, 3.05) is 13.1 Å². The molecule has 0 amide bonds. The quantitative estimate of drug-likeness (QED) is 0.704. The summed E-state index contributed by atoms with van der Waals surface area (Å²) in [6.07, 6.45) is 0.477. The van der Waals surface area contributed by atoms with Crippen molar-refractivity contribution < 1.29 is 9.64 Å². The first-order valence-corrected chi connectivity index (χ1v) is 9.05. The largest absolute Gasteiger partial charge is 0.364 e. The first kappa shape index (κ1) is 16.3. The van der Waals surface area contributed by atoms with Gasteiger partial charge >= 0.3 is 0 Å². The number of pyridine rings is 1. The molecule has 1 aliphatic heterocycles. The van der Waals surface area contributed by atoms with Crippen LogP contribution in [0.25, 0.3) is 21.7 Å². The van der Waals surface area contributed by atoms with Crippen molar-refractivity contribution in [1.82, 2.24) is 4.98 Å². The van der Waals surface area contributed by atoms with E-state index in [1.54, 1.807) is 0 Å². The molecule has 25 heavy (non-hydrogen) atoms. The number of rotatable bonds is 2. The second-order valence-corrected chi connectivity index (χ2v) is 7.36. The molecule has 4 nitrogen and oxygen atoms in total. The maximum Gasteiger partial charge on any atom is 0.198 e. The van der Waals surface area contributed by atoms with Gasteiger partial charge in [0.15, 0.2) is 5.43 Å². The summed E-state index contributed by atoms with van der Waals surface area (Å²) in [5, 5.41) is 3.04. The Morgan fingerprint density at radius 1 is 1.08 bits per heavy atom. The van der Waals surface area contributed by atoms with Crippen LogP contribution in [0.4, 0.5) is 0 Å². The van der Waals surface area contributed by atoms with Crippen LogP contribution in [-0.4, -0.2) is 30.3 Å². The molecule has 3 aromatic rings. The SMILES string of the molecule is Cc1[nH]c2c(ccc3ccccc32)c(=O)c1C[NH+]1CC(C)OC(C)C1. The van der Waals surface area contributed by atoms with Gasteiger partial charge in [-0.05, 0) is 32.2 Å². The Bertz CT molecular complexity index is 982. The number of hydrogen-bond acceptors (Lipinski definition) is 2. The lowest BCUT2D eigenvalue weighted by molar-refractivity contribution is -0.928. The highest BCUT2D eigenvalue weighted by atomic mass is 16.5. The van der Waals surface area contributed by atoms with Crippen LogP contribution in [0.2, 0.25) is 0 Å². The Morgan fingerprint density at radius 2 is 1.80 bits per heavy atom. The number of fused-ring (bicyclic) bond motifs is 3. The van der Waals surface area contributed by atoms with Crippen molar-refractivity contribution in [3.8, 4) is 0 Å². The normalized spacial score (nSPS) is 24.0. The number of aromatic amines is 1. The molecule has 2 aromatic carbocycles. The van der Waals surface area contributed by atoms with E-state index in [0.29, 0.717) is 0 Å². The van der Waals surface area contributed by atoms with E-state index in [0.717, 1.165) is 52.6 Å². The van der Waals surface area contributed by atoms with Crippen LogP contribution in [0.15, 0.2) is 41.2 Å². The van der Waals surface area contributed by atoms with Crippen LogP contribution in [0.1, 0.15) is 25.1 Å². The molecular formula is C21H25N2O2+. The minimum Gasteiger partial charge on any atom is -0.364 e. The fraction of sp³-hybridized carbons (Fsp3) is 0.381. The summed E-state index contributed by atoms with van der Waals surface area (Å²) in [4.78, 5) is 18.1. The summed E-state index contributed by atoms with van der Waals surface area (Å²) in [5.41, 5.74) is 2.99. The molecular weight excluding hydrogens is 312 g/mol. The summed E-state index contributed by atoms with van der Waals surface area (Å²) in [5.74, 6) is 0. The number of quaternary nitrogens is 1. The Kier molecular flexibility index (Phi) is 4.10. The molecule has 4 heteroatoms. The lowest BCUT2D eigenvalue weighted by Gasteiger charge is -2.32. The van der Waals surface area contributed by atoms with Gasteiger partial charge in [-0.15, -0.1) is 0 Å². The summed E-state index contributed by atoms with van der Waals surface area (Å²) < 4.78 is 5.83. The van der Waals surface area contributed by atoms with Gasteiger partial charge in [-0.2, -0.15) is 0 Å². The van der Waals surface area contributed by atoms with Gasteiger partial charge in [0.25, 0.3) is 0 Å². The monoisotopic (exact) mass is 337 g/mol. The molecule has 1 fully saturated rings. The molecule has 0 spiro atoms. The molecule has 0 saturated carbocycles. The number of H-pyrrole nitrogens is 1. The highest BCUT2D eigenvalue weighted by Gasteiger charge is 2.27. The van der Waals surface area contributed by atoms with Crippen LogP contribution in [0.5, 0.6) is 0 Å². The van der Waals surface area contributed by atoms with Crippen LogP contribution >= 0.6 is 0 Å². The van der Waals surface area contributed by atoms with E-state index < -0.39 is 0 Å². The summed E-state index contributed by atoms with van der Waals surface area (Å²) >= 11 is 0. The predicted molar refractivity (Wildman–Crippen MR) is 101 cm³/mol. The number of benzene rings is 2. The van der Waals surface area contributed by atoms with E-state index in [1.165, 1.54) is 4.90 Å². The second-order valence-electron chi connectivity index (χ2n) is 7.36. The van der Waals surface area contributed by atoms with Gasteiger partial charge in [0, 0.05) is 16.5 Å². The van der Waals surface area contributed by atoms with Crippen LogP contribution in [-0.2, 0) is 11.3 Å².